The Labute approximate surface area is 72.4 Å². The third-order valence-electron chi connectivity index (χ3n) is 2.18. The molecule has 4 atom stereocenters. The number of hydrogen-bond acceptors (Lipinski definition) is 4. The van der Waals surface area contributed by atoms with Gasteiger partial charge in [0.05, 0.1) is 12.2 Å². The van der Waals surface area contributed by atoms with E-state index in [9.17, 15) is 5.11 Å². The van der Waals surface area contributed by atoms with Gasteiger partial charge in [0.2, 0.25) is 0 Å². The van der Waals surface area contributed by atoms with E-state index in [0.29, 0.717) is 6.42 Å². The molecular formula is C8H16O4. The van der Waals surface area contributed by atoms with Crippen LogP contribution in [0, 0.1) is 0 Å². The summed E-state index contributed by atoms with van der Waals surface area (Å²) in [6.45, 7) is 1.86. The van der Waals surface area contributed by atoms with Gasteiger partial charge < -0.3 is 19.3 Å². The second kappa shape index (κ2) is 4.18. The monoisotopic (exact) mass is 176 g/mol. The minimum absolute atomic E-state index is 0.122. The second-order valence-corrected chi connectivity index (χ2v) is 3.01. The SMILES string of the molecule is CO[C@H]1C[C@@H](O)[C@@H](OC)[C@H](C)O1. The fraction of sp³-hybridized carbons (Fsp3) is 1.00. The Morgan fingerprint density at radius 1 is 1.33 bits per heavy atom. The van der Waals surface area contributed by atoms with Crippen LogP contribution < -0.4 is 0 Å². The van der Waals surface area contributed by atoms with Gasteiger partial charge in [-0.2, -0.15) is 0 Å². The highest BCUT2D eigenvalue weighted by atomic mass is 16.7. The first-order chi connectivity index (χ1) is 5.69. The highest BCUT2D eigenvalue weighted by molar-refractivity contribution is 4.81. The van der Waals surface area contributed by atoms with Crippen molar-refractivity contribution in [2.45, 2.75) is 37.9 Å². The highest BCUT2D eigenvalue weighted by Crippen LogP contribution is 2.22. The van der Waals surface area contributed by atoms with Crippen molar-refractivity contribution in [3.05, 3.63) is 0 Å². The molecule has 0 bridgehead atoms. The van der Waals surface area contributed by atoms with E-state index in [4.69, 9.17) is 14.2 Å². The molecule has 4 heteroatoms. The van der Waals surface area contributed by atoms with Crippen LogP contribution >= 0.6 is 0 Å². The molecular weight excluding hydrogens is 160 g/mol. The first-order valence-electron chi connectivity index (χ1n) is 4.08. The molecule has 1 saturated heterocycles. The van der Waals surface area contributed by atoms with E-state index in [0.717, 1.165) is 0 Å². The Hall–Kier alpha value is -0.160. The molecule has 72 valence electrons. The Morgan fingerprint density at radius 2 is 2.00 bits per heavy atom. The van der Waals surface area contributed by atoms with Crippen LogP contribution in [0.5, 0.6) is 0 Å². The van der Waals surface area contributed by atoms with Crippen LogP contribution in [0.25, 0.3) is 0 Å². The molecule has 0 aromatic carbocycles. The number of hydrogen-bond donors (Lipinski definition) is 1. The van der Waals surface area contributed by atoms with Gasteiger partial charge in [0.15, 0.2) is 6.29 Å². The van der Waals surface area contributed by atoms with Gasteiger partial charge in [0.25, 0.3) is 0 Å². The lowest BCUT2D eigenvalue weighted by Gasteiger charge is -2.36. The number of aliphatic hydroxyl groups excluding tert-OH is 1. The first-order valence-corrected chi connectivity index (χ1v) is 4.08. The molecule has 1 aliphatic heterocycles. The molecule has 0 amide bonds. The van der Waals surface area contributed by atoms with E-state index < -0.39 is 6.10 Å². The fourth-order valence-corrected chi connectivity index (χ4v) is 1.52. The van der Waals surface area contributed by atoms with Crippen LogP contribution in [-0.2, 0) is 14.2 Å². The highest BCUT2D eigenvalue weighted by Gasteiger charge is 2.35. The van der Waals surface area contributed by atoms with Gasteiger partial charge in [-0.05, 0) is 6.92 Å². The quantitative estimate of drug-likeness (QED) is 0.650. The average Bonchev–Trinajstić information content (AvgIpc) is 2.03. The molecule has 1 N–H and O–H groups in total. The van der Waals surface area contributed by atoms with Crippen LogP contribution in [0.15, 0.2) is 0 Å². The normalized spacial score (nSPS) is 43.0. The van der Waals surface area contributed by atoms with Crippen LogP contribution in [-0.4, -0.2) is 43.9 Å². The zero-order valence-electron chi connectivity index (χ0n) is 7.69. The lowest BCUT2D eigenvalue weighted by Crippen LogP contribution is -2.48. The maximum absolute atomic E-state index is 9.56. The predicted molar refractivity (Wildman–Crippen MR) is 42.8 cm³/mol. The zero-order valence-corrected chi connectivity index (χ0v) is 7.69. The van der Waals surface area contributed by atoms with Gasteiger partial charge in [-0.15, -0.1) is 0 Å². The molecule has 1 fully saturated rings. The number of aliphatic hydroxyl groups is 1. The van der Waals surface area contributed by atoms with E-state index in [1.165, 1.54) is 0 Å². The lowest BCUT2D eigenvalue weighted by atomic mass is 10.0. The van der Waals surface area contributed by atoms with Crippen molar-refractivity contribution in [3.63, 3.8) is 0 Å². The van der Waals surface area contributed by atoms with Crippen molar-refractivity contribution in [1.29, 1.82) is 0 Å². The van der Waals surface area contributed by atoms with Gasteiger partial charge in [0, 0.05) is 20.6 Å². The Balaban J connectivity index is 2.51. The summed E-state index contributed by atoms with van der Waals surface area (Å²) in [5.41, 5.74) is 0. The summed E-state index contributed by atoms with van der Waals surface area (Å²) in [5, 5.41) is 9.56. The summed E-state index contributed by atoms with van der Waals surface area (Å²) in [6, 6.07) is 0. The summed E-state index contributed by atoms with van der Waals surface area (Å²) < 4.78 is 15.5. The van der Waals surface area contributed by atoms with Crippen molar-refractivity contribution in [3.8, 4) is 0 Å². The molecule has 1 heterocycles. The van der Waals surface area contributed by atoms with Crippen molar-refractivity contribution in [2.75, 3.05) is 14.2 Å². The third-order valence-corrected chi connectivity index (χ3v) is 2.18. The molecule has 1 rings (SSSR count). The average molecular weight is 176 g/mol. The molecule has 0 aromatic heterocycles. The van der Waals surface area contributed by atoms with E-state index in [1.807, 2.05) is 6.92 Å². The van der Waals surface area contributed by atoms with Crippen LogP contribution in [0.1, 0.15) is 13.3 Å². The summed E-state index contributed by atoms with van der Waals surface area (Å²) in [4.78, 5) is 0. The Kier molecular flexibility index (Phi) is 3.46. The van der Waals surface area contributed by atoms with E-state index in [-0.39, 0.29) is 18.5 Å². The van der Waals surface area contributed by atoms with Crippen LogP contribution in [0.3, 0.4) is 0 Å². The number of methoxy groups -OCH3 is 2. The lowest BCUT2D eigenvalue weighted by molar-refractivity contribution is -0.242. The Morgan fingerprint density at radius 3 is 2.42 bits per heavy atom. The summed E-state index contributed by atoms with van der Waals surface area (Å²) in [5.74, 6) is 0. The minimum Gasteiger partial charge on any atom is -0.390 e. The van der Waals surface area contributed by atoms with E-state index >= 15 is 0 Å². The minimum atomic E-state index is -0.497. The van der Waals surface area contributed by atoms with Crippen molar-refractivity contribution in [2.24, 2.45) is 0 Å². The molecule has 4 nitrogen and oxygen atoms in total. The maximum atomic E-state index is 9.56. The maximum Gasteiger partial charge on any atom is 0.160 e. The molecule has 0 spiro atoms. The van der Waals surface area contributed by atoms with Gasteiger partial charge in [-0.1, -0.05) is 0 Å². The molecule has 1 aliphatic rings. The van der Waals surface area contributed by atoms with Gasteiger partial charge in [0.1, 0.15) is 6.10 Å². The van der Waals surface area contributed by atoms with Gasteiger partial charge >= 0.3 is 0 Å². The summed E-state index contributed by atoms with van der Waals surface area (Å²) in [6.07, 6.45) is -0.690. The molecule has 0 saturated carbocycles. The predicted octanol–water partition coefficient (Wildman–Crippen LogP) is 0.144. The largest absolute Gasteiger partial charge is 0.390 e. The van der Waals surface area contributed by atoms with E-state index in [2.05, 4.69) is 0 Å². The number of rotatable bonds is 2. The topological polar surface area (TPSA) is 47.9 Å². The van der Waals surface area contributed by atoms with Crippen molar-refractivity contribution < 1.29 is 19.3 Å². The molecule has 0 aromatic rings. The van der Waals surface area contributed by atoms with Gasteiger partial charge in [-0.3, -0.25) is 0 Å². The molecule has 12 heavy (non-hydrogen) atoms. The molecule has 0 radical (unpaired) electrons. The number of ether oxygens (including phenoxy) is 3. The first kappa shape index (κ1) is 9.92. The second-order valence-electron chi connectivity index (χ2n) is 3.01. The van der Waals surface area contributed by atoms with Crippen molar-refractivity contribution >= 4 is 0 Å². The van der Waals surface area contributed by atoms with Crippen molar-refractivity contribution in [1.82, 2.24) is 0 Å². The summed E-state index contributed by atoms with van der Waals surface area (Å²) in [7, 11) is 3.14. The summed E-state index contributed by atoms with van der Waals surface area (Å²) >= 11 is 0. The van der Waals surface area contributed by atoms with Crippen LogP contribution in [0.4, 0.5) is 0 Å². The fourth-order valence-electron chi connectivity index (χ4n) is 1.52. The van der Waals surface area contributed by atoms with Gasteiger partial charge in [-0.25, -0.2) is 0 Å². The standard InChI is InChI=1S/C8H16O4/c1-5-8(11-3)6(9)4-7(10-2)12-5/h5-9H,4H2,1-3H3/t5-,6+,7+,8-/m0/s1. The van der Waals surface area contributed by atoms with Crippen LogP contribution in [0.2, 0.25) is 0 Å². The Bertz CT molecular complexity index is 127. The molecule has 0 aliphatic carbocycles. The smallest absolute Gasteiger partial charge is 0.160 e. The van der Waals surface area contributed by atoms with E-state index in [1.54, 1.807) is 14.2 Å². The third kappa shape index (κ3) is 1.95. The molecule has 0 unspecified atom stereocenters. The zero-order chi connectivity index (χ0) is 9.14.